The number of halogens is 3. The van der Waals surface area contributed by atoms with Gasteiger partial charge in [-0.1, -0.05) is 12.1 Å². The predicted octanol–water partition coefficient (Wildman–Crippen LogP) is 1.52. The van der Waals surface area contributed by atoms with Crippen LogP contribution in [0.15, 0.2) is 24.3 Å². The van der Waals surface area contributed by atoms with Gasteiger partial charge in [-0.25, -0.2) is 4.79 Å². The standard InChI is InChI=1S/C15H17F3N2O5/c1-3-25-12(22)10-11(8-5-4-6-9(21)7-8)19-13(23)20(2)14(10,24)15(16,17)18/h4-7,10-11,21,24H,3H2,1-2H3,(H,19,23)/t10-,11-,14-/m0/s1. The minimum absolute atomic E-state index is 0.0159. The number of aliphatic hydroxyl groups is 1. The summed E-state index contributed by atoms with van der Waals surface area (Å²) in [4.78, 5) is 24.3. The molecule has 2 rings (SSSR count). The Morgan fingerprint density at radius 1 is 1.44 bits per heavy atom. The summed E-state index contributed by atoms with van der Waals surface area (Å²) in [5.74, 6) is -3.80. The Hall–Kier alpha value is -2.49. The molecule has 0 saturated carbocycles. The van der Waals surface area contributed by atoms with Crippen LogP contribution in [0.5, 0.6) is 5.75 Å². The maximum atomic E-state index is 13.6. The Balaban J connectivity index is 2.64. The Morgan fingerprint density at radius 2 is 2.08 bits per heavy atom. The summed E-state index contributed by atoms with van der Waals surface area (Å²) < 4.78 is 45.6. The lowest BCUT2D eigenvalue weighted by atomic mass is 9.81. The number of alkyl halides is 3. The Bertz CT molecular complexity index is 681. The summed E-state index contributed by atoms with van der Waals surface area (Å²) in [6, 6.07) is 2.24. The first-order valence-electron chi connectivity index (χ1n) is 7.33. The van der Waals surface area contributed by atoms with Gasteiger partial charge in [0.1, 0.15) is 11.7 Å². The van der Waals surface area contributed by atoms with Crippen molar-refractivity contribution in [1.82, 2.24) is 10.2 Å². The van der Waals surface area contributed by atoms with Crippen LogP contribution >= 0.6 is 0 Å². The number of hydrogen-bond acceptors (Lipinski definition) is 5. The number of phenolic OH excluding ortho intramolecular Hbond substituents is 1. The van der Waals surface area contributed by atoms with Crippen LogP contribution in [0, 0.1) is 5.92 Å². The quantitative estimate of drug-likeness (QED) is 0.708. The number of carbonyl (C=O) groups is 2. The average molecular weight is 362 g/mol. The van der Waals surface area contributed by atoms with Gasteiger partial charge in [0, 0.05) is 7.05 Å². The van der Waals surface area contributed by atoms with Gasteiger partial charge >= 0.3 is 18.2 Å². The van der Waals surface area contributed by atoms with Crippen LogP contribution in [0.25, 0.3) is 0 Å². The van der Waals surface area contributed by atoms with Crippen LogP contribution in [0.1, 0.15) is 18.5 Å². The summed E-state index contributed by atoms with van der Waals surface area (Å²) in [5, 5.41) is 22.2. The second-order valence-corrected chi connectivity index (χ2v) is 5.53. The van der Waals surface area contributed by atoms with Gasteiger partial charge in [0.15, 0.2) is 0 Å². The van der Waals surface area contributed by atoms with Crippen LogP contribution in [-0.4, -0.2) is 52.7 Å². The molecule has 1 aromatic carbocycles. The van der Waals surface area contributed by atoms with E-state index in [0.717, 1.165) is 13.1 Å². The number of amides is 2. The highest BCUT2D eigenvalue weighted by molar-refractivity contribution is 5.83. The number of rotatable bonds is 3. The van der Waals surface area contributed by atoms with Crippen molar-refractivity contribution in [3.8, 4) is 5.75 Å². The van der Waals surface area contributed by atoms with E-state index in [9.17, 15) is 33.0 Å². The van der Waals surface area contributed by atoms with Gasteiger partial charge in [0.25, 0.3) is 5.72 Å². The van der Waals surface area contributed by atoms with Crippen molar-refractivity contribution in [1.29, 1.82) is 0 Å². The first-order chi connectivity index (χ1) is 11.5. The first kappa shape index (κ1) is 18.8. The van der Waals surface area contributed by atoms with Crippen LogP contribution in [0.2, 0.25) is 0 Å². The van der Waals surface area contributed by atoms with Gasteiger partial charge < -0.3 is 20.3 Å². The lowest BCUT2D eigenvalue weighted by Crippen LogP contribution is -2.73. The number of benzene rings is 1. The highest BCUT2D eigenvalue weighted by Crippen LogP contribution is 2.47. The number of nitrogens with zero attached hydrogens (tertiary/aromatic N) is 1. The molecule has 0 radical (unpaired) electrons. The fourth-order valence-corrected chi connectivity index (χ4v) is 2.80. The molecule has 25 heavy (non-hydrogen) atoms. The van der Waals surface area contributed by atoms with Crippen molar-refractivity contribution in [2.75, 3.05) is 13.7 Å². The van der Waals surface area contributed by atoms with Gasteiger partial charge in [-0.2, -0.15) is 13.2 Å². The highest BCUT2D eigenvalue weighted by Gasteiger charge is 2.69. The van der Waals surface area contributed by atoms with E-state index in [0.29, 0.717) is 0 Å². The topological polar surface area (TPSA) is 99.1 Å². The summed E-state index contributed by atoms with van der Waals surface area (Å²) in [6.07, 6.45) is -5.33. The zero-order valence-electron chi connectivity index (χ0n) is 13.4. The zero-order valence-corrected chi connectivity index (χ0v) is 13.4. The van der Waals surface area contributed by atoms with Crippen LogP contribution in [0.4, 0.5) is 18.0 Å². The number of carbonyl (C=O) groups excluding carboxylic acids is 2. The van der Waals surface area contributed by atoms with E-state index in [-0.39, 0.29) is 22.8 Å². The molecule has 2 amide bonds. The number of hydrogen-bond donors (Lipinski definition) is 3. The van der Waals surface area contributed by atoms with Crippen molar-refractivity contribution in [3.05, 3.63) is 29.8 Å². The van der Waals surface area contributed by atoms with Crippen molar-refractivity contribution < 1.29 is 37.7 Å². The van der Waals surface area contributed by atoms with Gasteiger partial charge in [0.05, 0.1) is 12.6 Å². The van der Waals surface area contributed by atoms with Crippen molar-refractivity contribution in [2.24, 2.45) is 5.92 Å². The molecule has 7 nitrogen and oxygen atoms in total. The molecule has 10 heteroatoms. The van der Waals surface area contributed by atoms with Crippen LogP contribution in [-0.2, 0) is 9.53 Å². The van der Waals surface area contributed by atoms with E-state index in [1.165, 1.54) is 25.1 Å². The smallest absolute Gasteiger partial charge is 0.437 e. The Morgan fingerprint density at radius 3 is 2.60 bits per heavy atom. The molecule has 1 aromatic rings. The summed E-state index contributed by atoms with van der Waals surface area (Å²) >= 11 is 0. The fourth-order valence-electron chi connectivity index (χ4n) is 2.80. The van der Waals surface area contributed by atoms with E-state index >= 15 is 0 Å². The molecule has 1 heterocycles. The molecule has 1 aliphatic rings. The minimum Gasteiger partial charge on any atom is -0.508 e. The summed E-state index contributed by atoms with van der Waals surface area (Å²) in [5.41, 5.74) is -3.76. The third-order valence-electron chi connectivity index (χ3n) is 4.05. The third-order valence-corrected chi connectivity index (χ3v) is 4.05. The fraction of sp³-hybridized carbons (Fsp3) is 0.467. The van der Waals surface area contributed by atoms with Crippen LogP contribution in [0.3, 0.4) is 0 Å². The van der Waals surface area contributed by atoms with Crippen LogP contribution < -0.4 is 5.32 Å². The highest BCUT2D eigenvalue weighted by atomic mass is 19.4. The molecule has 0 aromatic heterocycles. The third kappa shape index (κ3) is 3.09. The maximum Gasteiger partial charge on any atom is 0.437 e. The molecule has 3 atom stereocenters. The predicted molar refractivity (Wildman–Crippen MR) is 78.3 cm³/mol. The SMILES string of the molecule is CCOC(=O)[C@@H]1[C@H](c2cccc(O)c2)NC(=O)N(C)[C@@]1(O)C(F)(F)F. The molecular weight excluding hydrogens is 345 g/mol. The van der Waals surface area contributed by atoms with Crippen molar-refractivity contribution >= 4 is 12.0 Å². The molecule has 1 saturated heterocycles. The van der Waals surface area contributed by atoms with Gasteiger partial charge in [-0.15, -0.1) is 0 Å². The molecule has 0 spiro atoms. The molecule has 1 aliphatic heterocycles. The average Bonchev–Trinajstić information content (AvgIpc) is 2.51. The summed E-state index contributed by atoms with van der Waals surface area (Å²) in [6.45, 7) is 1.19. The number of aromatic hydroxyl groups is 1. The number of esters is 1. The molecule has 3 N–H and O–H groups in total. The van der Waals surface area contributed by atoms with E-state index < -0.39 is 35.9 Å². The van der Waals surface area contributed by atoms with Crippen molar-refractivity contribution in [2.45, 2.75) is 24.9 Å². The second kappa shape index (κ2) is 6.43. The molecule has 0 unspecified atom stereocenters. The zero-order chi connectivity index (χ0) is 19.0. The van der Waals surface area contributed by atoms with Gasteiger partial charge in [-0.05, 0) is 24.6 Å². The Labute approximate surface area is 141 Å². The maximum absolute atomic E-state index is 13.6. The Kier molecular flexibility index (Phi) is 4.85. The normalized spacial score (nSPS) is 27.0. The van der Waals surface area contributed by atoms with Gasteiger partial charge in [0.2, 0.25) is 0 Å². The minimum atomic E-state index is -5.33. The lowest BCUT2D eigenvalue weighted by Gasteiger charge is -2.49. The van der Waals surface area contributed by atoms with E-state index in [2.05, 4.69) is 5.32 Å². The first-order valence-corrected chi connectivity index (χ1v) is 7.33. The number of nitrogens with one attached hydrogen (secondary N) is 1. The largest absolute Gasteiger partial charge is 0.508 e. The second-order valence-electron chi connectivity index (χ2n) is 5.53. The van der Waals surface area contributed by atoms with Crippen molar-refractivity contribution in [3.63, 3.8) is 0 Å². The number of phenols is 1. The molecule has 0 bridgehead atoms. The number of ether oxygens (including phenoxy) is 1. The van der Waals surface area contributed by atoms with E-state index in [1.807, 2.05) is 0 Å². The molecule has 0 aliphatic carbocycles. The monoisotopic (exact) mass is 362 g/mol. The molecule has 138 valence electrons. The van der Waals surface area contributed by atoms with E-state index in [4.69, 9.17) is 4.74 Å². The lowest BCUT2D eigenvalue weighted by molar-refractivity contribution is -0.328. The number of urea groups is 1. The molecule has 1 fully saturated rings. The van der Waals surface area contributed by atoms with E-state index in [1.54, 1.807) is 0 Å². The van der Waals surface area contributed by atoms with Gasteiger partial charge in [-0.3, -0.25) is 9.69 Å². The summed E-state index contributed by atoms with van der Waals surface area (Å²) in [7, 11) is 0.730. The molecular formula is C15H17F3N2O5.